The molecular formula is C9H15N3O2. The molecule has 1 aromatic rings. The molecule has 1 heterocycles. The van der Waals surface area contributed by atoms with Crippen LogP contribution in [0.15, 0.2) is 12.4 Å². The molecular weight excluding hydrogens is 182 g/mol. The largest absolute Gasteiger partial charge is 0.480 e. The molecule has 0 spiro atoms. The van der Waals surface area contributed by atoms with Crippen LogP contribution in [0, 0.1) is 5.92 Å². The lowest BCUT2D eigenvalue weighted by Crippen LogP contribution is -2.21. The molecule has 0 radical (unpaired) electrons. The monoisotopic (exact) mass is 197 g/mol. The third kappa shape index (κ3) is 2.48. The normalized spacial score (nSPS) is 13.1. The maximum absolute atomic E-state index is 10.9. The zero-order chi connectivity index (χ0) is 10.7. The summed E-state index contributed by atoms with van der Waals surface area (Å²) >= 11 is 0. The Kier molecular flexibility index (Phi) is 3.11. The third-order valence-corrected chi connectivity index (χ3v) is 1.92. The Morgan fingerprint density at radius 1 is 1.71 bits per heavy atom. The summed E-state index contributed by atoms with van der Waals surface area (Å²) in [7, 11) is 0. The Balaban J connectivity index is 2.83. The zero-order valence-corrected chi connectivity index (χ0v) is 8.34. The highest BCUT2D eigenvalue weighted by Gasteiger charge is 2.21. The van der Waals surface area contributed by atoms with E-state index in [1.807, 2.05) is 13.8 Å². The van der Waals surface area contributed by atoms with Crippen molar-refractivity contribution in [1.82, 2.24) is 9.78 Å². The van der Waals surface area contributed by atoms with Crippen LogP contribution in [0.1, 0.15) is 26.3 Å². The predicted octanol–water partition coefficient (Wildman–Crippen LogP) is 1.14. The molecule has 0 fully saturated rings. The average Bonchev–Trinajstić information content (AvgIpc) is 2.46. The van der Waals surface area contributed by atoms with Gasteiger partial charge in [-0.25, -0.2) is 4.79 Å². The second-order valence-corrected chi connectivity index (χ2v) is 3.74. The summed E-state index contributed by atoms with van der Waals surface area (Å²) in [6.45, 7) is 3.95. The topological polar surface area (TPSA) is 81.1 Å². The molecule has 0 saturated carbocycles. The van der Waals surface area contributed by atoms with E-state index in [1.165, 1.54) is 10.9 Å². The number of aromatic nitrogens is 2. The number of rotatable bonds is 4. The van der Waals surface area contributed by atoms with Gasteiger partial charge in [0, 0.05) is 6.20 Å². The number of nitrogens with zero attached hydrogens (tertiary/aromatic N) is 2. The SMILES string of the molecule is CC(C)CC(C(=O)O)n1cc(N)cn1. The summed E-state index contributed by atoms with van der Waals surface area (Å²) in [6.07, 6.45) is 3.55. The minimum Gasteiger partial charge on any atom is -0.480 e. The molecule has 5 heteroatoms. The van der Waals surface area contributed by atoms with Crippen LogP contribution in [0.2, 0.25) is 0 Å². The fourth-order valence-corrected chi connectivity index (χ4v) is 1.29. The van der Waals surface area contributed by atoms with E-state index in [0.717, 1.165) is 0 Å². The van der Waals surface area contributed by atoms with Crippen molar-refractivity contribution in [2.45, 2.75) is 26.3 Å². The maximum atomic E-state index is 10.9. The number of hydrogen-bond donors (Lipinski definition) is 2. The molecule has 3 N–H and O–H groups in total. The van der Waals surface area contributed by atoms with Gasteiger partial charge in [0.05, 0.1) is 11.9 Å². The second-order valence-electron chi connectivity index (χ2n) is 3.74. The lowest BCUT2D eigenvalue weighted by molar-refractivity contribution is -0.141. The molecule has 78 valence electrons. The summed E-state index contributed by atoms with van der Waals surface area (Å²) in [5, 5.41) is 12.9. The van der Waals surface area contributed by atoms with Crippen molar-refractivity contribution in [3.8, 4) is 0 Å². The van der Waals surface area contributed by atoms with Crippen molar-refractivity contribution >= 4 is 11.7 Å². The molecule has 0 aliphatic heterocycles. The van der Waals surface area contributed by atoms with Crippen molar-refractivity contribution in [3.05, 3.63) is 12.4 Å². The highest BCUT2D eigenvalue weighted by Crippen LogP contribution is 2.18. The molecule has 1 atom stereocenters. The summed E-state index contributed by atoms with van der Waals surface area (Å²) in [6, 6.07) is -0.618. The number of hydrogen-bond acceptors (Lipinski definition) is 3. The fraction of sp³-hybridized carbons (Fsp3) is 0.556. The molecule has 0 amide bonds. The number of carboxylic acids is 1. The fourth-order valence-electron chi connectivity index (χ4n) is 1.29. The number of carboxylic acid groups (broad SMARTS) is 1. The van der Waals surface area contributed by atoms with E-state index in [4.69, 9.17) is 10.8 Å². The Morgan fingerprint density at radius 3 is 2.71 bits per heavy atom. The standard InChI is InChI=1S/C9H15N3O2/c1-6(2)3-8(9(13)14)12-5-7(10)4-11-12/h4-6,8H,3,10H2,1-2H3,(H,13,14). The van der Waals surface area contributed by atoms with Gasteiger partial charge in [-0.1, -0.05) is 13.8 Å². The lowest BCUT2D eigenvalue weighted by Gasteiger charge is -2.14. The number of anilines is 1. The van der Waals surface area contributed by atoms with Crippen LogP contribution >= 0.6 is 0 Å². The van der Waals surface area contributed by atoms with Gasteiger partial charge in [-0.3, -0.25) is 4.68 Å². The molecule has 1 unspecified atom stereocenters. The van der Waals surface area contributed by atoms with Crippen LogP contribution in [0.5, 0.6) is 0 Å². The van der Waals surface area contributed by atoms with E-state index < -0.39 is 12.0 Å². The van der Waals surface area contributed by atoms with Gasteiger partial charge in [-0.15, -0.1) is 0 Å². The zero-order valence-electron chi connectivity index (χ0n) is 8.34. The van der Waals surface area contributed by atoms with Gasteiger partial charge in [-0.05, 0) is 12.3 Å². The van der Waals surface area contributed by atoms with Gasteiger partial charge < -0.3 is 10.8 Å². The van der Waals surface area contributed by atoms with Crippen LogP contribution in [0.4, 0.5) is 5.69 Å². The van der Waals surface area contributed by atoms with Crippen molar-refractivity contribution in [2.24, 2.45) is 5.92 Å². The van der Waals surface area contributed by atoms with Crippen LogP contribution in [0.25, 0.3) is 0 Å². The van der Waals surface area contributed by atoms with Gasteiger partial charge >= 0.3 is 5.97 Å². The van der Waals surface area contributed by atoms with E-state index in [0.29, 0.717) is 18.0 Å². The van der Waals surface area contributed by atoms with Crippen molar-refractivity contribution in [1.29, 1.82) is 0 Å². The van der Waals surface area contributed by atoms with E-state index in [1.54, 1.807) is 6.20 Å². The smallest absolute Gasteiger partial charge is 0.328 e. The average molecular weight is 197 g/mol. The Hall–Kier alpha value is -1.52. The first-order valence-electron chi connectivity index (χ1n) is 4.53. The van der Waals surface area contributed by atoms with Crippen molar-refractivity contribution in [2.75, 3.05) is 5.73 Å². The molecule has 0 saturated heterocycles. The summed E-state index contributed by atoms with van der Waals surface area (Å²) < 4.78 is 1.40. The van der Waals surface area contributed by atoms with E-state index >= 15 is 0 Å². The van der Waals surface area contributed by atoms with Crippen molar-refractivity contribution in [3.63, 3.8) is 0 Å². The number of aliphatic carboxylic acids is 1. The molecule has 1 aromatic heterocycles. The van der Waals surface area contributed by atoms with Crippen LogP contribution < -0.4 is 5.73 Å². The third-order valence-electron chi connectivity index (χ3n) is 1.92. The predicted molar refractivity (Wildman–Crippen MR) is 52.8 cm³/mol. The summed E-state index contributed by atoms with van der Waals surface area (Å²) in [5.41, 5.74) is 5.96. The van der Waals surface area contributed by atoms with Gasteiger partial charge in [0.25, 0.3) is 0 Å². The number of carbonyl (C=O) groups is 1. The quantitative estimate of drug-likeness (QED) is 0.758. The number of nitrogen functional groups attached to an aromatic ring is 1. The summed E-state index contributed by atoms with van der Waals surface area (Å²) in [4.78, 5) is 10.9. The highest BCUT2D eigenvalue weighted by molar-refractivity contribution is 5.71. The van der Waals surface area contributed by atoms with E-state index in [9.17, 15) is 4.79 Å². The van der Waals surface area contributed by atoms with Gasteiger partial charge in [0.15, 0.2) is 0 Å². The second kappa shape index (κ2) is 4.13. The Bertz CT molecular complexity index is 320. The van der Waals surface area contributed by atoms with Crippen LogP contribution in [0.3, 0.4) is 0 Å². The minimum atomic E-state index is -0.873. The van der Waals surface area contributed by atoms with Crippen LogP contribution in [-0.2, 0) is 4.79 Å². The van der Waals surface area contributed by atoms with Crippen molar-refractivity contribution < 1.29 is 9.90 Å². The molecule has 0 aromatic carbocycles. The molecule has 1 rings (SSSR count). The molecule has 5 nitrogen and oxygen atoms in total. The van der Waals surface area contributed by atoms with Gasteiger partial charge in [0.1, 0.15) is 6.04 Å². The van der Waals surface area contributed by atoms with Crippen LogP contribution in [-0.4, -0.2) is 20.9 Å². The first-order chi connectivity index (χ1) is 6.50. The van der Waals surface area contributed by atoms with Gasteiger partial charge in [-0.2, -0.15) is 5.10 Å². The van der Waals surface area contributed by atoms with E-state index in [-0.39, 0.29) is 0 Å². The first kappa shape index (κ1) is 10.6. The molecule has 0 bridgehead atoms. The Morgan fingerprint density at radius 2 is 2.36 bits per heavy atom. The molecule has 0 aliphatic rings. The molecule has 14 heavy (non-hydrogen) atoms. The minimum absolute atomic E-state index is 0.307. The molecule has 0 aliphatic carbocycles. The maximum Gasteiger partial charge on any atom is 0.328 e. The lowest BCUT2D eigenvalue weighted by atomic mass is 10.0. The van der Waals surface area contributed by atoms with E-state index in [2.05, 4.69) is 5.10 Å². The van der Waals surface area contributed by atoms with Gasteiger partial charge in [0.2, 0.25) is 0 Å². The summed E-state index contributed by atoms with van der Waals surface area (Å²) in [5.74, 6) is -0.566. The first-order valence-corrected chi connectivity index (χ1v) is 4.53. The number of nitrogens with two attached hydrogens (primary N) is 1. The highest BCUT2D eigenvalue weighted by atomic mass is 16.4. The Labute approximate surface area is 82.5 Å².